The van der Waals surface area contributed by atoms with Crippen LogP contribution in [-0.2, 0) is 4.74 Å². The number of hydrogen-bond acceptors (Lipinski definition) is 5. The van der Waals surface area contributed by atoms with Crippen LogP contribution in [0.4, 0.5) is 11.4 Å². The summed E-state index contributed by atoms with van der Waals surface area (Å²) in [5, 5.41) is 3.22. The van der Waals surface area contributed by atoms with Gasteiger partial charge in [0.2, 0.25) is 0 Å². The Bertz CT molecular complexity index is 783. The van der Waals surface area contributed by atoms with Gasteiger partial charge in [0.25, 0.3) is 5.91 Å². The van der Waals surface area contributed by atoms with Crippen molar-refractivity contribution in [2.24, 2.45) is 0 Å². The molecule has 0 aliphatic carbocycles. The molecule has 6 nitrogen and oxygen atoms in total. The van der Waals surface area contributed by atoms with Gasteiger partial charge < -0.3 is 15.0 Å². The maximum Gasteiger partial charge on any atom is 0.337 e. The first-order valence-corrected chi connectivity index (χ1v) is 8.88. The van der Waals surface area contributed by atoms with E-state index >= 15 is 0 Å². The predicted octanol–water partition coefficient (Wildman–Crippen LogP) is 3.63. The van der Waals surface area contributed by atoms with E-state index < -0.39 is 0 Å². The topological polar surface area (TPSA) is 71.5 Å². The first kappa shape index (κ1) is 17.9. The summed E-state index contributed by atoms with van der Waals surface area (Å²) < 4.78 is 4.74. The maximum atomic E-state index is 12.7. The van der Waals surface area contributed by atoms with Crippen LogP contribution < -0.4 is 5.32 Å². The molecule has 6 heteroatoms. The molecule has 0 radical (unpaired) electrons. The highest BCUT2D eigenvalue weighted by Crippen LogP contribution is 2.20. The zero-order valence-corrected chi connectivity index (χ0v) is 14.9. The van der Waals surface area contributed by atoms with E-state index in [2.05, 4.69) is 10.3 Å². The number of aromatic nitrogens is 1. The van der Waals surface area contributed by atoms with Crippen molar-refractivity contribution >= 4 is 23.3 Å². The fourth-order valence-corrected chi connectivity index (χ4v) is 3.07. The normalized spacial score (nSPS) is 14.4. The average Bonchev–Trinajstić information content (AvgIpc) is 2.96. The van der Waals surface area contributed by atoms with Crippen LogP contribution in [0, 0.1) is 0 Å². The number of anilines is 2. The third kappa shape index (κ3) is 4.39. The van der Waals surface area contributed by atoms with Gasteiger partial charge in [-0.25, -0.2) is 4.79 Å². The second kappa shape index (κ2) is 8.47. The highest BCUT2D eigenvalue weighted by Gasteiger charge is 2.18. The van der Waals surface area contributed by atoms with E-state index in [4.69, 9.17) is 4.74 Å². The predicted molar refractivity (Wildman–Crippen MR) is 99.7 cm³/mol. The number of nitrogens with zero attached hydrogens (tertiary/aromatic N) is 2. The third-order valence-corrected chi connectivity index (χ3v) is 4.44. The molecule has 2 aromatic rings. The van der Waals surface area contributed by atoms with Crippen LogP contribution >= 0.6 is 0 Å². The number of likely N-dealkylation sites (tertiary alicyclic amines) is 1. The Morgan fingerprint density at radius 3 is 2.50 bits per heavy atom. The van der Waals surface area contributed by atoms with Crippen LogP contribution in [0.1, 0.15) is 46.5 Å². The lowest BCUT2D eigenvalue weighted by atomic mass is 10.2. The Hall–Kier alpha value is -2.89. The Kier molecular flexibility index (Phi) is 5.84. The van der Waals surface area contributed by atoms with Crippen molar-refractivity contribution in [2.75, 3.05) is 25.5 Å². The summed E-state index contributed by atoms with van der Waals surface area (Å²) in [5.74, 6) is -0.417. The maximum absolute atomic E-state index is 12.7. The van der Waals surface area contributed by atoms with Crippen molar-refractivity contribution in [3.63, 3.8) is 0 Å². The molecule has 1 aromatic carbocycles. The van der Waals surface area contributed by atoms with Crippen LogP contribution in [-0.4, -0.2) is 42.0 Å². The molecule has 1 aromatic heterocycles. The van der Waals surface area contributed by atoms with E-state index in [0.717, 1.165) is 37.3 Å². The van der Waals surface area contributed by atoms with Gasteiger partial charge in [-0.1, -0.05) is 18.9 Å². The monoisotopic (exact) mass is 353 g/mol. The molecule has 26 heavy (non-hydrogen) atoms. The van der Waals surface area contributed by atoms with Crippen molar-refractivity contribution in [3.05, 3.63) is 53.9 Å². The molecular weight excluding hydrogens is 330 g/mol. The fourth-order valence-electron chi connectivity index (χ4n) is 3.07. The highest BCUT2D eigenvalue weighted by atomic mass is 16.5. The minimum absolute atomic E-state index is 0.0288. The third-order valence-electron chi connectivity index (χ3n) is 4.44. The molecule has 3 rings (SSSR count). The standard InChI is InChI=1S/C20H23N3O3/c1-26-20(25)15-7-6-8-16(13-15)22-17-9-10-21-18(14-17)19(24)23-11-4-2-3-5-12-23/h6-10,13-14H,2-5,11-12H2,1H3,(H,21,22). The molecule has 1 saturated heterocycles. The molecule has 2 heterocycles. The van der Waals surface area contributed by atoms with Crippen LogP contribution in [0.25, 0.3) is 0 Å². The van der Waals surface area contributed by atoms with Gasteiger partial charge in [0, 0.05) is 30.7 Å². The van der Waals surface area contributed by atoms with Gasteiger partial charge in [-0.3, -0.25) is 9.78 Å². The number of rotatable bonds is 4. The molecule has 0 saturated carbocycles. The lowest BCUT2D eigenvalue weighted by molar-refractivity contribution is 0.0600. The van der Waals surface area contributed by atoms with Gasteiger partial charge in [0.1, 0.15) is 5.69 Å². The van der Waals surface area contributed by atoms with Gasteiger partial charge in [-0.2, -0.15) is 0 Å². The first-order chi connectivity index (χ1) is 12.7. The highest BCUT2D eigenvalue weighted by molar-refractivity contribution is 5.93. The van der Waals surface area contributed by atoms with E-state index in [-0.39, 0.29) is 11.9 Å². The Labute approximate surface area is 153 Å². The second-order valence-electron chi connectivity index (χ2n) is 6.33. The minimum atomic E-state index is -0.389. The van der Waals surface area contributed by atoms with Gasteiger partial charge in [0.05, 0.1) is 12.7 Å². The quantitative estimate of drug-likeness (QED) is 0.850. The average molecular weight is 353 g/mol. The lowest BCUT2D eigenvalue weighted by Crippen LogP contribution is -2.32. The molecule has 0 bridgehead atoms. The zero-order valence-electron chi connectivity index (χ0n) is 14.9. The summed E-state index contributed by atoms with van der Waals surface area (Å²) >= 11 is 0. The number of ether oxygens (including phenoxy) is 1. The molecule has 0 spiro atoms. The summed E-state index contributed by atoms with van der Waals surface area (Å²) in [5.41, 5.74) is 2.39. The van der Waals surface area contributed by atoms with E-state index in [1.165, 1.54) is 20.0 Å². The Morgan fingerprint density at radius 2 is 1.77 bits per heavy atom. The van der Waals surface area contributed by atoms with E-state index in [1.54, 1.807) is 36.5 Å². The smallest absolute Gasteiger partial charge is 0.337 e. The number of methoxy groups -OCH3 is 1. The molecule has 1 amide bonds. The van der Waals surface area contributed by atoms with Crippen molar-refractivity contribution in [1.29, 1.82) is 0 Å². The van der Waals surface area contributed by atoms with Crippen molar-refractivity contribution in [1.82, 2.24) is 9.88 Å². The molecule has 1 aliphatic rings. The van der Waals surface area contributed by atoms with Gasteiger partial charge in [-0.15, -0.1) is 0 Å². The van der Waals surface area contributed by atoms with Gasteiger partial charge in [0.15, 0.2) is 0 Å². The summed E-state index contributed by atoms with van der Waals surface area (Å²) in [6, 6.07) is 10.6. The lowest BCUT2D eigenvalue weighted by Gasteiger charge is -2.20. The van der Waals surface area contributed by atoms with Crippen LogP contribution in [0.5, 0.6) is 0 Å². The molecule has 1 aliphatic heterocycles. The molecular formula is C20H23N3O3. The zero-order chi connectivity index (χ0) is 18.4. The number of amides is 1. The summed E-state index contributed by atoms with van der Waals surface area (Å²) in [6.07, 6.45) is 6.07. The van der Waals surface area contributed by atoms with Crippen LogP contribution in [0.2, 0.25) is 0 Å². The van der Waals surface area contributed by atoms with Gasteiger partial charge >= 0.3 is 5.97 Å². The summed E-state index contributed by atoms with van der Waals surface area (Å²) in [4.78, 5) is 30.5. The van der Waals surface area contributed by atoms with E-state index in [9.17, 15) is 9.59 Å². The number of carbonyl (C=O) groups is 2. The SMILES string of the molecule is COC(=O)c1cccc(Nc2ccnc(C(=O)N3CCCCCC3)c2)c1. The number of hydrogen-bond donors (Lipinski definition) is 1. The van der Waals surface area contributed by atoms with Crippen LogP contribution in [0.3, 0.4) is 0 Å². The van der Waals surface area contributed by atoms with Crippen molar-refractivity contribution in [3.8, 4) is 0 Å². The molecule has 136 valence electrons. The number of benzene rings is 1. The molecule has 0 atom stereocenters. The van der Waals surface area contributed by atoms with E-state index in [1.807, 2.05) is 11.0 Å². The fraction of sp³-hybridized carbons (Fsp3) is 0.350. The van der Waals surface area contributed by atoms with E-state index in [0.29, 0.717) is 11.3 Å². The molecule has 1 fully saturated rings. The second-order valence-corrected chi connectivity index (χ2v) is 6.33. The summed E-state index contributed by atoms with van der Waals surface area (Å²) in [7, 11) is 1.35. The number of esters is 1. The van der Waals surface area contributed by atoms with Crippen molar-refractivity contribution in [2.45, 2.75) is 25.7 Å². The summed E-state index contributed by atoms with van der Waals surface area (Å²) in [6.45, 7) is 1.58. The Morgan fingerprint density at radius 1 is 1.04 bits per heavy atom. The minimum Gasteiger partial charge on any atom is -0.465 e. The number of carbonyl (C=O) groups excluding carboxylic acids is 2. The van der Waals surface area contributed by atoms with Crippen LogP contribution in [0.15, 0.2) is 42.6 Å². The first-order valence-electron chi connectivity index (χ1n) is 8.88. The largest absolute Gasteiger partial charge is 0.465 e. The Balaban J connectivity index is 1.75. The molecule has 0 unspecified atom stereocenters. The number of pyridine rings is 1. The van der Waals surface area contributed by atoms with Crippen molar-refractivity contribution < 1.29 is 14.3 Å². The van der Waals surface area contributed by atoms with Gasteiger partial charge in [-0.05, 0) is 43.2 Å². The number of nitrogens with one attached hydrogen (secondary N) is 1. The molecule has 1 N–H and O–H groups in total.